The fraction of sp³-hybridized carbons (Fsp3) is 0.333. The van der Waals surface area contributed by atoms with Crippen molar-refractivity contribution in [1.82, 2.24) is 9.97 Å². The average molecular weight is 272 g/mol. The van der Waals surface area contributed by atoms with Gasteiger partial charge in [-0.2, -0.15) is 0 Å². The van der Waals surface area contributed by atoms with Crippen molar-refractivity contribution in [1.29, 1.82) is 0 Å². The molecule has 0 aliphatic rings. The number of nitrogen functional groups attached to an aromatic ring is 1. The Morgan fingerprint density at radius 2 is 1.90 bits per heavy atom. The van der Waals surface area contributed by atoms with Crippen LogP contribution in [0.4, 0.5) is 11.5 Å². The van der Waals surface area contributed by atoms with Crippen molar-refractivity contribution >= 4 is 11.5 Å². The van der Waals surface area contributed by atoms with Crippen LogP contribution < -0.4 is 15.4 Å². The fourth-order valence-corrected chi connectivity index (χ4v) is 1.82. The van der Waals surface area contributed by atoms with E-state index in [1.165, 1.54) is 11.9 Å². The van der Waals surface area contributed by atoms with Gasteiger partial charge in [0.15, 0.2) is 0 Å². The molecule has 0 bridgehead atoms. The second kappa shape index (κ2) is 6.23. The van der Waals surface area contributed by atoms with E-state index >= 15 is 0 Å². The molecule has 0 aliphatic carbocycles. The molecule has 1 heterocycles. The van der Waals surface area contributed by atoms with Crippen LogP contribution in [0.2, 0.25) is 0 Å². The Bertz CT molecular complexity index is 554. The van der Waals surface area contributed by atoms with Crippen molar-refractivity contribution in [2.75, 3.05) is 17.7 Å². The summed E-state index contributed by atoms with van der Waals surface area (Å²) in [6.45, 7) is 4.69. The number of aromatic nitrogens is 2. The van der Waals surface area contributed by atoms with Crippen LogP contribution >= 0.6 is 0 Å². The number of ether oxygens (including phenoxy) is 1. The summed E-state index contributed by atoms with van der Waals surface area (Å²) < 4.78 is 5.58. The molecule has 0 radical (unpaired) electrons. The maximum Gasteiger partial charge on any atom is 0.218 e. The number of benzene rings is 1. The van der Waals surface area contributed by atoms with E-state index < -0.39 is 0 Å². The van der Waals surface area contributed by atoms with Crippen molar-refractivity contribution in [2.24, 2.45) is 0 Å². The molecule has 106 valence electrons. The summed E-state index contributed by atoms with van der Waals surface area (Å²) in [4.78, 5) is 10.4. The quantitative estimate of drug-likeness (QED) is 0.847. The third kappa shape index (κ3) is 3.85. The van der Waals surface area contributed by atoms with Crippen LogP contribution in [-0.2, 0) is 6.54 Å². The Kier molecular flexibility index (Phi) is 4.40. The molecule has 5 heteroatoms. The summed E-state index contributed by atoms with van der Waals surface area (Å²) in [6.07, 6.45) is 1.62. The molecule has 0 amide bonds. The van der Waals surface area contributed by atoms with Crippen molar-refractivity contribution in [3.05, 3.63) is 42.2 Å². The van der Waals surface area contributed by atoms with Crippen LogP contribution in [0.1, 0.15) is 19.4 Å². The van der Waals surface area contributed by atoms with Gasteiger partial charge in [0.1, 0.15) is 12.1 Å². The molecular weight excluding hydrogens is 252 g/mol. The summed E-state index contributed by atoms with van der Waals surface area (Å²) in [5.41, 5.74) is 7.63. The molecule has 0 fully saturated rings. The number of hydrogen-bond acceptors (Lipinski definition) is 5. The highest BCUT2D eigenvalue weighted by molar-refractivity contribution is 5.43. The Morgan fingerprint density at radius 3 is 2.55 bits per heavy atom. The van der Waals surface area contributed by atoms with Gasteiger partial charge in [-0.25, -0.2) is 9.97 Å². The molecule has 2 rings (SSSR count). The lowest BCUT2D eigenvalue weighted by molar-refractivity contribution is 0.232. The average Bonchev–Trinajstić information content (AvgIpc) is 2.41. The first-order chi connectivity index (χ1) is 9.54. The molecule has 2 N–H and O–H groups in total. The van der Waals surface area contributed by atoms with Crippen LogP contribution in [-0.4, -0.2) is 23.1 Å². The molecule has 0 unspecified atom stereocenters. The predicted molar refractivity (Wildman–Crippen MR) is 80.8 cm³/mol. The minimum atomic E-state index is 0.0974. The van der Waals surface area contributed by atoms with E-state index in [1.54, 1.807) is 0 Å². The Hall–Kier alpha value is -2.30. The van der Waals surface area contributed by atoms with Crippen LogP contribution in [0, 0.1) is 0 Å². The van der Waals surface area contributed by atoms with E-state index in [0.717, 1.165) is 18.1 Å². The first-order valence-corrected chi connectivity index (χ1v) is 6.59. The van der Waals surface area contributed by atoms with Crippen molar-refractivity contribution in [2.45, 2.75) is 26.5 Å². The van der Waals surface area contributed by atoms with E-state index in [1.807, 2.05) is 56.1 Å². The van der Waals surface area contributed by atoms with Gasteiger partial charge < -0.3 is 15.4 Å². The molecule has 1 aromatic heterocycles. The molecule has 0 spiro atoms. The summed E-state index contributed by atoms with van der Waals surface area (Å²) >= 11 is 0. The molecule has 20 heavy (non-hydrogen) atoms. The maximum atomic E-state index is 5.68. The number of hydrogen-bond donors (Lipinski definition) is 1. The molecule has 0 saturated carbocycles. The van der Waals surface area contributed by atoms with Gasteiger partial charge in [-0.05, 0) is 31.5 Å². The van der Waals surface area contributed by atoms with Gasteiger partial charge in [-0.15, -0.1) is 0 Å². The van der Waals surface area contributed by atoms with Gasteiger partial charge >= 0.3 is 0 Å². The number of anilines is 2. The first-order valence-electron chi connectivity index (χ1n) is 6.59. The highest BCUT2D eigenvalue weighted by atomic mass is 16.5. The molecule has 1 aromatic carbocycles. The Balaban J connectivity index is 2.08. The predicted octanol–water partition coefficient (Wildman–Crippen LogP) is 2.48. The monoisotopic (exact) mass is 272 g/mol. The minimum Gasteiger partial charge on any atom is -0.475 e. The van der Waals surface area contributed by atoms with E-state index in [4.69, 9.17) is 10.5 Å². The van der Waals surface area contributed by atoms with Crippen LogP contribution in [0.25, 0.3) is 0 Å². The highest BCUT2D eigenvalue weighted by Gasteiger charge is 2.07. The first kappa shape index (κ1) is 14.1. The maximum absolute atomic E-state index is 5.68. The zero-order valence-corrected chi connectivity index (χ0v) is 12.1. The molecule has 5 nitrogen and oxygen atoms in total. The second-order valence-electron chi connectivity index (χ2n) is 4.98. The number of rotatable bonds is 5. The largest absolute Gasteiger partial charge is 0.475 e. The van der Waals surface area contributed by atoms with E-state index in [2.05, 4.69) is 9.97 Å². The molecule has 2 aromatic rings. The topological polar surface area (TPSA) is 64.3 Å². The molecule has 0 aliphatic heterocycles. The third-order valence-electron chi connectivity index (χ3n) is 2.77. The van der Waals surface area contributed by atoms with Gasteiger partial charge in [0, 0.05) is 25.3 Å². The molecule has 0 saturated heterocycles. The fourth-order valence-electron chi connectivity index (χ4n) is 1.82. The minimum absolute atomic E-state index is 0.0974. The lowest BCUT2D eigenvalue weighted by atomic mass is 10.2. The second-order valence-corrected chi connectivity index (χ2v) is 4.98. The van der Waals surface area contributed by atoms with Gasteiger partial charge in [0.2, 0.25) is 5.88 Å². The van der Waals surface area contributed by atoms with Gasteiger partial charge in [0.05, 0.1) is 6.10 Å². The van der Waals surface area contributed by atoms with Crippen LogP contribution in [0.3, 0.4) is 0 Å². The summed E-state index contributed by atoms with van der Waals surface area (Å²) in [5, 5.41) is 0. The number of nitrogens with zero attached hydrogens (tertiary/aromatic N) is 3. The van der Waals surface area contributed by atoms with Crippen LogP contribution in [0.5, 0.6) is 5.88 Å². The van der Waals surface area contributed by atoms with Crippen molar-refractivity contribution in [3.8, 4) is 5.88 Å². The van der Waals surface area contributed by atoms with E-state index in [0.29, 0.717) is 5.88 Å². The smallest absolute Gasteiger partial charge is 0.218 e. The van der Waals surface area contributed by atoms with Gasteiger partial charge in [-0.3, -0.25) is 0 Å². The Morgan fingerprint density at radius 1 is 1.20 bits per heavy atom. The normalized spacial score (nSPS) is 10.6. The third-order valence-corrected chi connectivity index (χ3v) is 2.77. The van der Waals surface area contributed by atoms with Gasteiger partial charge in [-0.1, -0.05) is 12.1 Å². The lowest BCUT2D eigenvalue weighted by Crippen LogP contribution is -2.18. The van der Waals surface area contributed by atoms with Crippen molar-refractivity contribution in [3.63, 3.8) is 0 Å². The Labute approximate surface area is 119 Å². The number of nitrogens with two attached hydrogens (primary N) is 1. The summed E-state index contributed by atoms with van der Waals surface area (Å²) in [5.74, 6) is 1.42. The highest BCUT2D eigenvalue weighted by Crippen LogP contribution is 2.18. The SMILES string of the molecule is CC(C)Oc1cc(N(C)Cc2ccc(N)cc2)ncn1. The summed E-state index contributed by atoms with van der Waals surface area (Å²) in [6, 6.07) is 9.67. The van der Waals surface area contributed by atoms with Crippen molar-refractivity contribution < 1.29 is 4.74 Å². The summed E-state index contributed by atoms with van der Waals surface area (Å²) in [7, 11) is 1.98. The van der Waals surface area contributed by atoms with E-state index in [-0.39, 0.29) is 6.10 Å². The standard InChI is InChI=1S/C15H20N4O/c1-11(2)20-15-8-14(17-10-18-15)19(3)9-12-4-6-13(16)7-5-12/h4-8,10-11H,9,16H2,1-3H3. The molecular formula is C15H20N4O. The van der Waals surface area contributed by atoms with E-state index in [9.17, 15) is 0 Å². The lowest BCUT2D eigenvalue weighted by Gasteiger charge is -2.19. The molecule has 0 atom stereocenters. The zero-order chi connectivity index (χ0) is 14.5. The zero-order valence-electron chi connectivity index (χ0n) is 12.1. The van der Waals surface area contributed by atoms with Gasteiger partial charge in [0.25, 0.3) is 0 Å². The van der Waals surface area contributed by atoms with Crippen LogP contribution in [0.15, 0.2) is 36.7 Å².